The second-order valence-electron chi connectivity index (χ2n) is 6.29. The molecule has 0 spiro atoms. The molecule has 1 fully saturated rings. The van der Waals surface area contributed by atoms with Gasteiger partial charge in [0, 0.05) is 26.7 Å². The molecule has 7 heteroatoms. The lowest BCUT2D eigenvalue weighted by Gasteiger charge is -2.26. The highest BCUT2D eigenvalue weighted by atomic mass is 16.2. The fraction of sp³-hybridized carbons (Fsp3) is 0.471. The molecule has 2 aliphatic rings. The lowest BCUT2D eigenvalue weighted by molar-refractivity contribution is -0.125. The number of rotatable bonds is 4. The van der Waals surface area contributed by atoms with Crippen molar-refractivity contribution in [3.8, 4) is 0 Å². The molecule has 1 saturated heterocycles. The lowest BCUT2D eigenvalue weighted by atomic mass is 10.1. The average molecular weight is 330 g/mol. The topological polar surface area (TPSA) is 73.0 Å². The third kappa shape index (κ3) is 2.93. The van der Waals surface area contributed by atoms with Crippen molar-refractivity contribution < 1.29 is 14.4 Å². The van der Waals surface area contributed by atoms with Gasteiger partial charge in [-0.25, -0.2) is 4.79 Å². The summed E-state index contributed by atoms with van der Waals surface area (Å²) in [6.45, 7) is 3.71. The maximum atomic E-state index is 12.4. The molecule has 1 unspecified atom stereocenters. The van der Waals surface area contributed by atoms with Gasteiger partial charge in [-0.15, -0.1) is 0 Å². The van der Waals surface area contributed by atoms with Gasteiger partial charge in [0.1, 0.15) is 0 Å². The van der Waals surface area contributed by atoms with Crippen LogP contribution in [-0.2, 0) is 9.59 Å². The minimum atomic E-state index is -0.320. The molecule has 0 saturated carbocycles. The van der Waals surface area contributed by atoms with Crippen LogP contribution in [0.1, 0.15) is 13.3 Å². The first-order valence-corrected chi connectivity index (χ1v) is 8.19. The first-order chi connectivity index (χ1) is 11.5. The fourth-order valence-electron chi connectivity index (χ4n) is 3.28. The van der Waals surface area contributed by atoms with Gasteiger partial charge in [0.25, 0.3) is 0 Å². The minimum absolute atomic E-state index is 0.0850. The average Bonchev–Trinajstić information content (AvgIpc) is 2.87. The van der Waals surface area contributed by atoms with Crippen LogP contribution in [0.25, 0.3) is 0 Å². The van der Waals surface area contributed by atoms with Crippen LogP contribution >= 0.6 is 0 Å². The molecule has 1 atom stereocenters. The maximum absolute atomic E-state index is 12.4. The number of imide groups is 1. The number of carbonyl (C=O) groups excluding carboxylic acids is 3. The van der Waals surface area contributed by atoms with Crippen LogP contribution in [-0.4, -0.2) is 56.0 Å². The van der Waals surface area contributed by atoms with Crippen LogP contribution in [0.2, 0.25) is 0 Å². The minimum Gasteiger partial charge on any atom is -0.369 e. The van der Waals surface area contributed by atoms with Crippen LogP contribution in [0.15, 0.2) is 24.3 Å². The first-order valence-electron chi connectivity index (χ1n) is 8.19. The Balaban J connectivity index is 1.72. The summed E-state index contributed by atoms with van der Waals surface area (Å²) < 4.78 is 0. The summed E-state index contributed by atoms with van der Waals surface area (Å²) in [5.74, 6) is -0.197. The van der Waals surface area contributed by atoms with Crippen molar-refractivity contribution in [2.75, 3.05) is 43.0 Å². The number of hydrogen-bond acceptors (Lipinski definition) is 4. The molecule has 0 radical (unpaired) electrons. The Hall–Kier alpha value is -2.57. The van der Waals surface area contributed by atoms with Gasteiger partial charge >= 0.3 is 6.03 Å². The van der Waals surface area contributed by atoms with E-state index in [9.17, 15) is 14.4 Å². The largest absolute Gasteiger partial charge is 0.369 e. The molecular weight excluding hydrogens is 308 g/mol. The van der Waals surface area contributed by atoms with Crippen molar-refractivity contribution in [1.82, 2.24) is 10.2 Å². The van der Waals surface area contributed by atoms with Crippen LogP contribution in [0.3, 0.4) is 0 Å². The molecule has 0 aromatic heterocycles. The smallest absolute Gasteiger partial charge is 0.324 e. The van der Waals surface area contributed by atoms with E-state index in [2.05, 4.69) is 10.2 Å². The summed E-state index contributed by atoms with van der Waals surface area (Å²) in [4.78, 5) is 40.8. The summed E-state index contributed by atoms with van der Waals surface area (Å²) in [5, 5.41) is 2.52. The molecule has 0 bridgehead atoms. The molecule has 1 aromatic carbocycles. The highest BCUT2D eigenvalue weighted by Crippen LogP contribution is 2.33. The number of nitrogens with zero attached hydrogens (tertiary/aromatic N) is 3. The number of anilines is 2. The first kappa shape index (κ1) is 16.3. The molecule has 4 amide bonds. The second kappa shape index (κ2) is 6.51. The summed E-state index contributed by atoms with van der Waals surface area (Å²) >= 11 is 0. The highest BCUT2D eigenvalue weighted by molar-refractivity contribution is 6.02. The maximum Gasteiger partial charge on any atom is 0.324 e. The van der Waals surface area contributed by atoms with Gasteiger partial charge in [-0.2, -0.15) is 0 Å². The lowest BCUT2D eigenvalue weighted by Crippen LogP contribution is -2.37. The van der Waals surface area contributed by atoms with E-state index in [1.54, 1.807) is 11.9 Å². The van der Waals surface area contributed by atoms with Gasteiger partial charge in [-0.3, -0.25) is 14.5 Å². The SMILES string of the molecule is CC1CN(CCCN2C(=O)CNC2=O)c2ccccc2N(C)C1=O. The van der Waals surface area contributed by atoms with Crippen molar-refractivity contribution in [1.29, 1.82) is 0 Å². The van der Waals surface area contributed by atoms with E-state index in [0.29, 0.717) is 26.1 Å². The van der Waals surface area contributed by atoms with Crippen LogP contribution in [0.4, 0.5) is 16.2 Å². The Kier molecular flexibility index (Phi) is 4.42. The van der Waals surface area contributed by atoms with E-state index in [-0.39, 0.29) is 30.3 Å². The molecule has 2 aliphatic heterocycles. The van der Waals surface area contributed by atoms with Crippen LogP contribution in [0.5, 0.6) is 0 Å². The van der Waals surface area contributed by atoms with E-state index in [0.717, 1.165) is 11.4 Å². The zero-order chi connectivity index (χ0) is 17.3. The van der Waals surface area contributed by atoms with Gasteiger partial charge in [0.15, 0.2) is 0 Å². The fourth-order valence-corrected chi connectivity index (χ4v) is 3.28. The Morgan fingerprint density at radius 2 is 1.83 bits per heavy atom. The van der Waals surface area contributed by atoms with Crippen molar-refractivity contribution in [3.63, 3.8) is 0 Å². The van der Waals surface area contributed by atoms with E-state index in [1.807, 2.05) is 31.2 Å². The summed E-state index contributed by atoms with van der Waals surface area (Å²) in [5.41, 5.74) is 1.90. The Morgan fingerprint density at radius 1 is 1.12 bits per heavy atom. The van der Waals surface area contributed by atoms with Crippen molar-refractivity contribution in [2.45, 2.75) is 13.3 Å². The molecule has 2 heterocycles. The summed E-state index contributed by atoms with van der Waals surface area (Å²) in [7, 11) is 1.80. The van der Waals surface area contributed by atoms with E-state index < -0.39 is 0 Å². The Bertz CT molecular complexity index is 660. The Morgan fingerprint density at radius 3 is 2.50 bits per heavy atom. The third-order valence-corrected chi connectivity index (χ3v) is 4.58. The zero-order valence-electron chi connectivity index (χ0n) is 14.0. The normalized spacial score (nSPS) is 21.0. The van der Waals surface area contributed by atoms with Gasteiger partial charge < -0.3 is 15.1 Å². The number of para-hydroxylation sites is 2. The standard InChI is InChI=1S/C17H22N4O3/c1-12-11-20(8-5-9-21-15(22)10-18-17(21)24)14-7-4-3-6-13(14)19(2)16(12)23/h3-4,6-7,12H,5,8-11H2,1-2H3,(H,18,24). The van der Waals surface area contributed by atoms with Crippen molar-refractivity contribution in [3.05, 3.63) is 24.3 Å². The molecule has 1 N–H and O–H groups in total. The zero-order valence-corrected chi connectivity index (χ0v) is 14.0. The number of fused-ring (bicyclic) bond motifs is 1. The summed E-state index contributed by atoms with van der Waals surface area (Å²) in [6.07, 6.45) is 0.665. The molecule has 24 heavy (non-hydrogen) atoms. The predicted octanol–water partition coefficient (Wildman–Crippen LogP) is 1.05. The molecule has 1 aromatic rings. The highest BCUT2D eigenvalue weighted by Gasteiger charge is 2.30. The van der Waals surface area contributed by atoms with Crippen LogP contribution in [0, 0.1) is 5.92 Å². The van der Waals surface area contributed by atoms with Gasteiger partial charge in [0.2, 0.25) is 11.8 Å². The van der Waals surface area contributed by atoms with Gasteiger partial charge in [-0.1, -0.05) is 19.1 Å². The van der Waals surface area contributed by atoms with E-state index in [4.69, 9.17) is 0 Å². The number of nitrogens with one attached hydrogen (secondary N) is 1. The Labute approximate surface area is 141 Å². The number of amides is 4. The second-order valence-corrected chi connectivity index (χ2v) is 6.29. The molecule has 3 rings (SSSR count). The quantitative estimate of drug-likeness (QED) is 0.838. The molecule has 128 valence electrons. The third-order valence-electron chi connectivity index (χ3n) is 4.58. The molecule has 7 nitrogen and oxygen atoms in total. The molecular formula is C17H22N4O3. The summed E-state index contributed by atoms with van der Waals surface area (Å²) in [6, 6.07) is 7.50. The number of hydrogen-bond donors (Lipinski definition) is 1. The van der Waals surface area contributed by atoms with Gasteiger partial charge in [0.05, 0.1) is 23.8 Å². The van der Waals surface area contributed by atoms with Crippen molar-refractivity contribution in [2.24, 2.45) is 5.92 Å². The van der Waals surface area contributed by atoms with E-state index >= 15 is 0 Å². The van der Waals surface area contributed by atoms with Crippen LogP contribution < -0.4 is 15.1 Å². The number of benzene rings is 1. The van der Waals surface area contributed by atoms with E-state index in [1.165, 1.54) is 4.90 Å². The predicted molar refractivity (Wildman–Crippen MR) is 91.0 cm³/mol. The number of urea groups is 1. The van der Waals surface area contributed by atoms with Crippen molar-refractivity contribution >= 4 is 29.2 Å². The van der Waals surface area contributed by atoms with Gasteiger partial charge in [-0.05, 0) is 18.6 Å². The number of carbonyl (C=O) groups is 3. The monoisotopic (exact) mass is 330 g/mol. The molecule has 0 aliphatic carbocycles.